The molecule has 0 radical (unpaired) electrons. The third-order valence-corrected chi connectivity index (χ3v) is 4.91. The molecule has 0 amide bonds. The van der Waals surface area contributed by atoms with Gasteiger partial charge < -0.3 is 25.3 Å². The molecule has 11 heteroatoms. The number of alkyl halides is 3. The third-order valence-electron chi connectivity index (χ3n) is 4.91. The number of hydrogen-bond acceptors (Lipinski definition) is 8. The number of hydrazine groups is 1. The highest BCUT2D eigenvalue weighted by atomic mass is 19.4. The lowest BCUT2D eigenvalue weighted by molar-refractivity contribution is -0.138. The number of nitriles is 1. The number of pyridine rings is 1. The van der Waals surface area contributed by atoms with Crippen LogP contribution in [0.1, 0.15) is 36.9 Å². The quantitative estimate of drug-likeness (QED) is 0.272. The average molecular weight is 451 g/mol. The number of halogens is 3. The van der Waals surface area contributed by atoms with Crippen LogP contribution in [0.25, 0.3) is 11.3 Å². The van der Waals surface area contributed by atoms with Crippen LogP contribution in [0, 0.1) is 11.3 Å². The maximum absolute atomic E-state index is 13.6. The van der Waals surface area contributed by atoms with Gasteiger partial charge in [-0.15, -0.1) is 0 Å². The molecule has 1 unspecified atom stereocenters. The Kier molecular flexibility index (Phi) is 7.74. The molecule has 0 aliphatic carbocycles. The summed E-state index contributed by atoms with van der Waals surface area (Å²) in [6, 6.07) is 7.01. The second-order valence-electron chi connectivity index (χ2n) is 7.17. The van der Waals surface area contributed by atoms with Crippen molar-refractivity contribution in [3.63, 3.8) is 0 Å². The molecule has 1 aromatic heterocycles. The zero-order valence-electron chi connectivity index (χ0n) is 17.2. The summed E-state index contributed by atoms with van der Waals surface area (Å²) in [5, 5.41) is 21.5. The highest BCUT2D eigenvalue weighted by Gasteiger charge is 2.35. The Hall–Kier alpha value is -3.07. The lowest BCUT2D eigenvalue weighted by atomic mass is 10.0. The molecule has 1 fully saturated rings. The number of aromatic nitrogens is 1. The van der Waals surface area contributed by atoms with Crippen LogP contribution in [0.15, 0.2) is 24.3 Å². The number of nitrogens with two attached hydrogens (primary N) is 1. The van der Waals surface area contributed by atoms with Crippen LogP contribution in [0.4, 0.5) is 24.5 Å². The largest absolute Gasteiger partial charge is 0.493 e. The van der Waals surface area contributed by atoms with Crippen LogP contribution in [0.2, 0.25) is 0 Å². The number of aliphatic hydroxyl groups excluding tert-OH is 1. The molecular weight excluding hydrogens is 427 g/mol. The maximum atomic E-state index is 13.6. The number of nitrogen functional groups attached to an aromatic ring is 1. The topological polar surface area (TPSA) is 125 Å². The molecule has 8 nitrogen and oxygen atoms in total. The van der Waals surface area contributed by atoms with Crippen molar-refractivity contribution in [2.75, 3.05) is 30.6 Å². The zero-order chi connectivity index (χ0) is 23.1. The summed E-state index contributed by atoms with van der Waals surface area (Å²) < 4.78 is 51.8. The molecule has 1 saturated heterocycles. The minimum absolute atomic E-state index is 0.0535. The van der Waals surface area contributed by atoms with Gasteiger partial charge in [0.15, 0.2) is 5.69 Å². The first-order chi connectivity index (χ1) is 15.4. The summed E-state index contributed by atoms with van der Waals surface area (Å²) in [4.78, 5) is 4.19. The van der Waals surface area contributed by atoms with E-state index < -0.39 is 11.7 Å². The summed E-state index contributed by atoms with van der Waals surface area (Å²) in [6.07, 6.45) is -2.14. The fourth-order valence-corrected chi connectivity index (χ4v) is 3.35. The van der Waals surface area contributed by atoms with E-state index in [9.17, 15) is 18.4 Å². The number of aliphatic hydroxyl groups is 1. The zero-order valence-corrected chi connectivity index (χ0v) is 17.2. The van der Waals surface area contributed by atoms with Gasteiger partial charge in [-0.05, 0) is 43.5 Å². The molecule has 3 rings (SSSR count). The summed E-state index contributed by atoms with van der Waals surface area (Å²) in [7, 11) is 0. The second kappa shape index (κ2) is 10.5. The SMILES string of the molecule is N#Cc1nc(-c2ccc(OCCCO)c(C(F)(F)F)c2)cc(NC2CCCCO2)c1NN. The third kappa shape index (κ3) is 5.59. The first kappa shape index (κ1) is 23.6. The van der Waals surface area contributed by atoms with E-state index in [0.717, 1.165) is 25.3 Å². The van der Waals surface area contributed by atoms with Crippen LogP contribution >= 0.6 is 0 Å². The number of ether oxygens (including phenoxy) is 2. The molecule has 172 valence electrons. The lowest BCUT2D eigenvalue weighted by Gasteiger charge is -2.26. The fourth-order valence-electron chi connectivity index (χ4n) is 3.35. The van der Waals surface area contributed by atoms with E-state index in [2.05, 4.69) is 15.7 Å². The van der Waals surface area contributed by atoms with Gasteiger partial charge in [0.25, 0.3) is 0 Å². The van der Waals surface area contributed by atoms with E-state index in [-0.39, 0.29) is 54.3 Å². The number of nitrogens with zero attached hydrogens (tertiary/aromatic N) is 2. The van der Waals surface area contributed by atoms with Crippen LogP contribution in [-0.2, 0) is 10.9 Å². The molecule has 5 N–H and O–H groups in total. The number of nitrogens with one attached hydrogen (secondary N) is 2. The highest BCUT2D eigenvalue weighted by molar-refractivity contribution is 5.79. The van der Waals surface area contributed by atoms with Crippen LogP contribution in [0.5, 0.6) is 5.75 Å². The molecule has 2 aromatic rings. The molecule has 0 saturated carbocycles. The van der Waals surface area contributed by atoms with Crippen molar-refractivity contribution in [3.8, 4) is 23.1 Å². The molecule has 0 bridgehead atoms. The second-order valence-corrected chi connectivity index (χ2v) is 7.17. The molecule has 1 aliphatic rings. The normalized spacial score (nSPS) is 16.3. The van der Waals surface area contributed by atoms with E-state index in [1.807, 2.05) is 6.07 Å². The first-order valence-electron chi connectivity index (χ1n) is 10.1. The Morgan fingerprint density at radius 1 is 1.31 bits per heavy atom. The number of hydrogen-bond donors (Lipinski definition) is 4. The van der Waals surface area contributed by atoms with Gasteiger partial charge >= 0.3 is 6.18 Å². The number of rotatable bonds is 8. The summed E-state index contributed by atoms with van der Waals surface area (Å²) in [5.41, 5.74) is 2.33. The van der Waals surface area contributed by atoms with E-state index in [0.29, 0.717) is 12.3 Å². The number of anilines is 2. The minimum atomic E-state index is -4.67. The van der Waals surface area contributed by atoms with Crippen molar-refractivity contribution in [3.05, 3.63) is 35.5 Å². The maximum Gasteiger partial charge on any atom is 0.419 e. The predicted octanol–water partition coefficient (Wildman–Crippen LogP) is 3.62. The van der Waals surface area contributed by atoms with E-state index >= 15 is 0 Å². The van der Waals surface area contributed by atoms with Crippen LogP contribution in [0.3, 0.4) is 0 Å². The molecule has 1 aliphatic heterocycles. The summed E-state index contributed by atoms with van der Waals surface area (Å²) in [5.74, 6) is 5.23. The summed E-state index contributed by atoms with van der Waals surface area (Å²) in [6.45, 7) is 0.336. The first-order valence-corrected chi connectivity index (χ1v) is 10.1. The van der Waals surface area contributed by atoms with Gasteiger partial charge in [-0.1, -0.05) is 0 Å². The van der Waals surface area contributed by atoms with Gasteiger partial charge in [0.1, 0.15) is 23.7 Å². The standard InChI is InChI=1S/C21H24F3N5O3/c22-21(23,24)14-10-13(5-6-18(14)31-9-3-7-30)15-11-16(20(29-26)17(12-25)27-15)28-19-4-1-2-8-32-19/h5-6,10-11,19,29-30H,1-4,7-9,26H2,(H,27,28). The minimum Gasteiger partial charge on any atom is -0.493 e. The Bertz CT molecular complexity index is 972. The van der Waals surface area contributed by atoms with E-state index in [1.54, 1.807) is 0 Å². The van der Waals surface area contributed by atoms with Crippen molar-refractivity contribution < 1.29 is 27.8 Å². The molecule has 2 heterocycles. The molecular formula is C21H24F3N5O3. The van der Waals surface area contributed by atoms with Crippen LogP contribution < -0.4 is 21.3 Å². The van der Waals surface area contributed by atoms with Crippen molar-refractivity contribution in [2.24, 2.45) is 5.84 Å². The van der Waals surface area contributed by atoms with Gasteiger partial charge in [-0.25, -0.2) is 4.98 Å². The van der Waals surface area contributed by atoms with E-state index in [1.165, 1.54) is 18.2 Å². The Morgan fingerprint density at radius 3 is 2.75 bits per heavy atom. The van der Waals surface area contributed by atoms with Crippen molar-refractivity contribution in [1.29, 1.82) is 5.26 Å². The van der Waals surface area contributed by atoms with Crippen molar-refractivity contribution in [1.82, 2.24) is 4.98 Å². The van der Waals surface area contributed by atoms with Gasteiger partial charge in [-0.2, -0.15) is 18.4 Å². The predicted molar refractivity (Wildman–Crippen MR) is 112 cm³/mol. The molecule has 32 heavy (non-hydrogen) atoms. The highest BCUT2D eigenvalue weighted by Crippen LogP contribution is 2.40. The lowest BCUT2D eigenvalue weighted by Crippen LogP contribution is -2.28. The molecule has 0 spiro atoms. The Labute approximate surface area is 183 Å². The monoisotopic (exact) mass is 451 g/mol. The van der Waals surface area contributed by atoms with E-state index in [4.69, 9.17) is 20.4 Å². The summed E-state index contributed by atoms with van der Waals surface area (Å²) >= 11 is 0. The number of benzene rings is 1. The van der Waals surface area contributed by atoms with Crippen molar-refractivity contribution >= 4 is 11.4 Å². The van der Waals surface area contributed by atoms with Gasteiger partial charge in [0.05, 0.1) is 23.6 Å². The average Bonchev–Trinajstić information content (AvgIpc) is 2.79. The van der Waals surface area contributed by atoms with Gasteiger partial charge in [0.2, 0.25) is 0 Å². The Morgan fingerprint density at radius 2 is 2.12 bits per heavy atom. The molecule has 1 atom stereocenters. The fraction of sp³-hybridized carbons (Fsp3) is 0.429. The van der Waals surface area contributed by atoms with Gasteiger partial charge in [0, 0.05) is 25.2 Å². The van der Waals surface area contributed by atoms with Crippen LogP contribution in [-0.4, -0.2) is 36.1 Å². The molecule has 1 aromatic carbocycles. The smallest absolute Gasteiger partial charge is 0.419 e. The Balaban J connectivity index is 2.02. The van der Waals surface area contributed by atoms with Gasteiger partial charge in [-0.3, -0.25) is 5.84 Å². The van der Waals surface area contributed by atoms with Crippen molar-refractivity contribution in [2.45, 2.75) is 38.1 Å².